The van der Waals surface area contributed by atoms with E-state index in [1.807, 2.05) is 30.3 Å². The number of aliphatic hydroxyl groups is 2. The van der Waals surface area contributed by atoms with E-state index in [0.717, 1.165) is 5.56 Å². The van der Waals surface area contributed by atoms with Crippen LogP contribution < -0.4 is 0 Å². The molecule has 0 bridgehead atoms. The molecule has 0 aliphatic carbocycles. The summed E-state index contributed by atoms with van der Waals surface area (Å²) in [6.07, 6.45) is -1.93. The Bertz CT molecular complexity index is 369. The molecule has 106 valence electrons. The van der Waals surface area contributed by atoms with Crippen molar-refractivity contribution in [1.29, 1.82) is 0 Å². The van der Waals surface area contributed by atoms with Crippen LogP contribution in [0.2, 0.25) is 0 Å². The fourth-order valence-electron chi connectivity index (χ4n) is 2.15. The quantitative estimate of drug-likeness (QED) is 0.822. The van der Waals surface area contributed by atoms with Gasteiger partial charge < -0.3 is 24.4 Å². The second-order valence-electron chi connectivity index (χ2n) is 4.58. The second-order valence-corrected chi connectivity index (χ2v) is 4.58. The first-order valence-corrected chi connectivity index (χ1v) is 6.37. The molecule has 4 atom stereocenters. The maximum absolute atomic E-state index is 10.1. The van der Waals surface area contributed by atoms with Gasteiger partial charge in [-0.05, 0) is 5.56 Å². The molecule has 1 aromatic rings. The molecule has 2 N–H and O–H groups in total. The number of benzene rings is 1. The van der Waals surface area contributed by atoms with Crippen LogP contribution in [0.25, 0.3) is 0 Å². The molecule has 5 heteroatoms. The summed E-state index contributed by atoms with van der Waals surface area (Å²) in [5.41, 5.74) is 1.04. The first-order chi connectivity index (χ1) is 9.24. The third-order valence-corrected chi connectivity index (χ3v) is 3.26. The van der Waals surface area contributed by atoms with Gasteiger partial charge in [-0.15, -0.1) is 0 Å². The van der Waals surface area contributed by atoms with E-state index in [9.17, 15) is 10.2 Å². The highest BCUT2D eigenvalue weighted by Gasteiger charge is 2.38. The lowest BCUT2D eigenvalue weighted by atomic mass is 10.0. The third kappa shape index (κ3) is 3.75. The van der Waals surface area contributed by atoms with E-state index >= 15 is 0 Å². The van der Waals surface area contributed by atoms with E-state index in [0.29, 0.717) is 13.0 Å². The standard InChI is InChI=1S/C14H20O5/c1-17-13-7-11(14(16)12(8-15)19-13)18-9-10-5-3-2-4-6-10/h2-6,11-16H,7-9H2,1H3/t11-,12+,13?,14+/m0/s1. The number of methoxy groups -OCH3 is 1. The minimum absolute atomic E-state index is 0.258. The zero-order valence-corrected chi connectivity index (χ0v) is 10.9. The van der Waals surface area contributed by atoms with Gasteiger partial charge >= 0.3 is 0 Å². The molecule has 5 nitrogen and oxygen atoms in total. The van der Waals surface area contributed by atoms with Gasteiger partial charge in [0.05, 0.1) is 19.3 Å². The smallest absolute Gasteiger partial charge is 0.160 e. The Morgan fingerprint density at radius 1 is 1.32 bits per heavy atom. The molecule has 1 aromatic carbocycles. The first kappa shape index (κ1) is 14.4. The summed E-state index contributed by atoms with van der Waals surface area (Å²) in [7, 11) is 1.53. The SMILES string of the molecule is COC1C[C@H](OCc2ccccc2)[C@@H](O)[C@@H](CO)O1. The highest BCUT2D eigenvalue weighted by molar-refractivity contribution is 5.13. The molecule has 1 unspecified atom stereocenters. The summed E-state index contributed by atoms with van der Waals surface area (Å²) in [6, 6.07) is 9.74. The second kappa shape index (κ2) is 6.98. The Kier molecular flexibility index (Phi) is 5.30. The van der Waals surface area contributed by atoms with Crippen LogP contribution in [-0.2, 0) is 20.8 Å². The minimum atomic E-state index is -0.847. The van der Waals surface area contributed by atoms with E-state index in [-0.39, 0.29) is 6.61 Å². The van der Waals surface area contributed by atoms with Crippen molar-refractivity contribution in [3.05, 3.63) is 35.9 Å². The van der Waals surface area contributed by atoms with E-state index in [1.165, 1.54) is 7.11 Å². The van der Waals surface area contributed by atoms with Crippen LogP contribution in [0.15, 0.2) is 30.3 Å². The predicted octanol–water partition coefficient (Wildman–Crippen LogP) is 0.686. The summed E-state index contributed by atoms with van der Waals surface area (Å²) in [5, 5.41) is 19.2. The predicted molar refractivity (Wildman–Crippen MR) is 68.4 cm³/mol. The zero-order chi connectivity index (χ0) is 13.7. The average molecular weight is 268 g/mol. The Labute approximate surface area is 112 Å². The molecule has 1 heterocycles. The number of aliphatic hydroxyl groups excluding tert-OH is 2. The molecule has 1 aliphatic rings. The summed E-state index contributed by atoms with van der Waals surface area (Å²) in [5.74, 6) is 0. The zero-order valence-electron chi connectivity index (χ0n) is 10.9. The summed E-state index contributed by atoms with van der Waals surface area (Å²) in [4.78, 5) is 0. The van der Waals surface area contributed by atoms with Crippen molar-refractivity contribution in [1.82, 2.24) is 0 Å². The fourth-order valence-corrected chi connectivity index (χ4v) is 2.15. The highest BCUT2D eigenvalue weighted by atomic mass is 16.7. The molecule has 0 saturated carbocycles. The van der Waals surface area contributed by atoms with E-state index in [2.05, 4.69) is 0 Å². The van der Waals surface area contributed by atoms with E-state index in [4.69, 9.17) is 14.2 Å². The van der Waals surface area contributed by atoms with Crippen LogP contribution >= 0.6 is 0 Å². The maximum atomic E-state index is 10.1. The number of ether oxygens (including phenoxy) is 3. The van der Waals surface area contributed by atoms with Gasteiger partial charge in [-0.2, -0.15) is 0 Å². The molecule has 0 amide bonds. The van der Waals surface area contributed by atoms with Crippen molar-refractivity contribution in [2.24, 2.45) is 0 Å². The van der Waals surface area contributed by atoms with Crippen LogP contribution in [0.4, 0.5) is 0 Å². The molecule has 2 rings (SSSR count). The molecular formula is C14H20O5. The number of hydrogen-bond donors (Lipinski definition) is 2. The summed E-state index contributed by atoms with van der Waals surface area (Å²) in [6.45, 7) is 0.156. The van der Waals surface area contributed by atoms with Gasteiger partial charge in [0.15, 0.2) is 6.29 Å². The van der Waals surface area contributed by atoms with Crippen LogP contribution in [0.5, 0.6) is 0 Å². The fraction of sp³-hybridized carbons (Fsp3) is 0.571. The van der Waals surface area contributed by atoms with Gasteiger partial charge in [0.2, 0.25) is 0 Å². The van der Waals surface area contributed by atoms with Gasteiger partial charge in [-0.25, -0.2) is 0 Å². The highest BCUT2D eigenvalue weighted by Crippen LogP contribution is 2.24. The molecule has 19 heavy (non-hydrogen) atoms. The van der Waals surface area contributed by atoms with Crippen molar-refractivity contribution in [2.45, 2.75) is 37.6 Å². The van der Waals surface area contributed by atoms with Crippen LogP contribution in [-0.4, -0.2) is 48.5 Å². The van der Waals surface area contributed by atoms with Gasteiger partial charge in [-0.3, -0.25) is 0 Å². The minimum Gasteiger partial charge on any atom is -0.394 e. The van der Waals surface area contributed by atoms with Crippen molar-refractivity contribution >= 4 is 0 Å². The Balaban J connectivity index is 1.93. The molecule has 0 aromatic heterocycles. The molecular weight excluding hydrogens is 248 g/mol. The lowest BCUT2D eigenvalue weighted by Gasteiger charge is -2.37. The van der Waals surface area contributed by atoms with Gasteiger partial charge in [0.25, 0.3) is 0 Å². The summed E-state index contributed by atoms with van der Waals surface area (Å²) < 4.78 is 16.2. The van der Waals surface area contributed by atoms with Gasteiger partial charge in [0, 0.05) is 13.5 Å². The normalized spacial score (nSPS) is 31.3. The molecule has 1 saturated heterocycles. The monoisotopic (exact) mass is 268 g/mol. The molecule has 0 spiro atoms. The number of hydrogen-bond acceptors (Lipinski definition) is 5. The van der Waals surface area contributed by atoms with Crippen LogP contribution in [0, 0.1) is 0 Å². The Morgan fingerprint density at radius 3 is 2.68 bits per heavy atom. The van der Waals surface area contributed by atoms with E-state index in [1.54, 1.807) is 0 Å². The maximum Gasteiger partial charge on any atom is 0.160 e. The lowest BCUT2D eigenvalue weighted by Crippen LogP contribution is -2.51. The topological polar surface area (TPSA) is 68.2 Å². The lowest BCUT2D eigenvalue weighted by molar-refractivity contribution is -0.258. The average Bonchev–Trinajstić information content (AvgIpc) is 2.47. The van der Waals surface area contributed by atoms with Crippen molar-refractivity contribution in [3.8, 4) is 0 Å². The molecule has 1 fully saturated rings. The summed E-state index contributed by atoms with van der Waals surface area (Å²) >= 11 is 0. The van der Waals surface area contributed by atoms with Gasteiger partial charge in [0.1, 0.15) is 12.2 Å². The molecule has 1 aliphatic heterocycles. The molecule has 0 radical (unpaired) electrons. The Morgan fingerprint density at radius 2 is 2.05 bits per heavy atom. The third-order valence-electron chi connectivity index (χ3n) is 3.26. The van der Waals surface area contributed by atoms with Crippen molar-refractivity contribution in [2.75, 3.05) is 13.7 Å². The Hall–Kier alpha value is -0.980. The van der Waals surface area contributed by atoms with Gasteiger partial charge in [-0.1, -0.05) is 30.3 Å². The van der Waals surface area contributed by atoms with E-state index < -0.39 is 24.6 Å². The number of rotatable bonds is 5. The van der Waals surface area contributed by atoms with Crippen LogP contribution in [0.3, 0.4) is 0 Å². The first-order valence-electron chi connectivity index (χ1n) is 6.37. The van der Waals surface area contributed by atoms with Crippen molar-refractivity contribution < 1.29 is 24.4 Å². The van der Waals surface area contributed by atoms with Crippen molar-refractivity contribution in [3.63, 3.8) is 0 Å². The largest absolute Gasteiger partial charge is 0.394 e. The van der Waals surface area contributed by atoms with Crippen LogP contribution in [0.1, 0.15) is 12.0 Å².